The second-order valence-electron chi connectivity index (χ2n) is 4.41. The first-order valence-corrected chi connectivity index (χ1v) is 5.90. The molecule has 0 N–H and O–H groups in total. The summed E-state index contributed by atoms with van der Waals surface area (Å²) in [5.74, 6) is 0.179. The van der Waals surface area contributed by atoms with Gasteiger partial charge in [-0.1, -0.05) is 6.92 Å². The maximum atomic E-state index is 11.8. The topological polar surface area (TPSA) is 56.5 Å². The SMILES string of the molecule is CCOC(=O)C[C@H]1C[C@H](C)C(=O)c2occc21. The molecular weight excluding hydrogens is 220 g/mol. The summed E-state index contributed by atoms with van der Waals surface area (Å²) in [6, 6.07) is 1.78. The Kier molecular flexibility index (Phi) is 3.31. The van der Waals surface area contributed by atoms with Crippen molar-refractivity contribution in [2.45, 2.75) is 32.6 Å². The third-order valence-electron chi connectivity index (χ3n) is 3.16. The first kappa shape index (κ1) is 11.9. The molecule has 4 nitrogen and oxygen atoms in total. The highest BCUT2D eigenvalue weighted by molar-refractivity contribution is 5.98. The Labute approximate surface area is 99.9 Å². The molecule has 0 aromatic carbocycles. The Morgan fingerprint density at radius 1 is 1.59 bits per heavy atom. The summed E-state index contributed by atoms with van der Waals surface area (Å²) in [5.41, 5.74) is 0.848. The Hall–Kier alpha value is -1.58. The molecule has 0 unspecified atom stereocenters. The van der Waals surface area contributed by atoms with Gasteiger partial charge in [-0.05, 0) is 25.3 Å². The van der Waals surface area contributed by atoms with Gasteiger partial charge >= 0.3 is 5.97 Å². The van der Waals surface area contributed by atoms with Crippen LogP contribution >= 0.6 is 0 Å². The van der Waals surface area contributed by atoms with Crippen molar-refractivity contribution in [3.63, 3.8) is 0 Å². The van der Waals surface area contributed by atoms with Crippen molar-refractivity contribution in [3.05, 3.63) is 23.7 Å². The van der Waals surface area contributed by atoms with Gasteiger partial charge in [0.25, 0.3) is 0 Å². The number of esters is 1. The van der Waals surface area contributed by atoms with Gasteiger partial charge in [0.05, 0.1) is 19.3 Å². The Morgan fingerprint density at radius 2 is 2.35 bits per heavy atom. The summed E-state index contributed by atoms with van der Waals surface area (Å²) in [6.45, 7) is 4.04. The molecule has 0 amide bonds. The second kappa shape index (κ2) is 4.73. The number of furan rings is 1. The molecule has 2 atom stereocenters. The molecule has 1 aliphatic rings. The number of ketones is 1. The van der Waals surface area contributed by atoms with Crippen LogP contribution in [0.15, 0.2) is 16.7 Å². The fourth-order valence-corrected chi connectivity index (χ4v) is 2.34. The molecule has 1 aliphatic carbocycles. The Bertz CT molecular complexity index is 432. The van der Waals surface area contributed by atoms with Crippen LogP contribution in [0.25, 0.3) is 0 Å². The molecule has 0 fully saturated rings. The summed E-state index contributed by atoms with van der Waals surface area (Å²) >= 11 is 0. The van der Waals surface area contributed by atoms with E-state index in [-0.39, 0.29) is 23.6 Å². The van der Waals surface area contributed by atoms with Crippen LogP contribution in [0.1, 0.15) is 48.7 Å². The highest BCUT2D eigenvalue weighted by Crippen LogP contribution is 2.37. The summed E-state index contributed by atoms with van der Waals surface area (Å²) in [4.78, 5) is 23.3. The molecule has 0 aliphatic heterocycles. The second-order valence-corrected chi connectivity index (χ2v) is 4.41. The van der Waals surface area contributed by atoms with Crippen molar-refractivity contribution < 1.29 is 18.7 Å². The molecule has 92 valence electrons. The first-order valence-electron chi connectivity index (χ1n) is 5.90. The van der Waals surface area contributed by atoms with Crippen molar-refractivity contribution in [2.24, 2.45) is 5.92 Å². The van der Waals surface area contributed by atoms with Crippen molar-refractivity contribution >= 4 is 11.8 Å². The summed E-state index contributed by atoms with van der Waals surface area (Å²) < 4.78 is 10.2. The van der Waals surface area contributed by atoms with Crippen LogP contribution in [0.5, 0.6) is 0 Å². The van der Waals surface area contributed by atoms with E-state index in [9.17, 15) is 9.59 Å². The van der Waals surface area contributed by atoms with Gasteiger partial charge in [-0.3, -0.25) is 9.59 Å². The molecule has 17 heavy (non-hydrogen) atoms. The van der Waals surface area contributed by atoms with Crippen LogP contribution in [0.3, 0.4) is 0 Å². The zero-order valence-corrected chi connectivity index (χ0v) is 10.1. The van der Waals surface area contributed by atoms with Gasteiger partial charge in [-0.2, -0.15) is 0 Å². The lowest BCUT2D eigenvalue weighted by atomic mass is 9.79. The third kappa shape index (κ3) is 2.25. The van der Waals surface area contributed by atoms with Crippen molar-refractivity contribution in [2.75, 3.05) is 6.61 Å². The molecule has 0 radical (unpaired) electrons. The number of rotatable bonds is 3. The number of carbonyl (C=O) groups excluding carboxylic acids is 2. The van der Waals surface area contributed by atoms with E-state index in [1.54, 1.807) is 13.0 Å². The average molecular weight is 236 g/mol. The zero-order valence-electron chi connectivity index (χ0n) is 10.1. The predicted molar refractivity (Wildman–Crippen MR) is 60.8 cm³/mol. The van der Waals surface area contributed by atoms with Gasteiger partial charge < -0.3 is 9.15 Å². The smallest absolute Gasteiger partial charge is 0.306 e. The van der Waals surface area contributed by atoms with E-state index in [0.29, 0.717) is 25.2 Å². The van der Waals surface area contributed by atoms with Crippen molar-refractivity contribution in [3.8, 4) is 0 Å². The predicted octanol–water partition coefficient (Wildman–Crippen LogP) is 2.54. The van der Waals surface area contributed by atoms with E-state index in [1.165, 1.54) is 6.26 Å². The van der Waals surface area contributed by atoms with Crippen LogP contribution < -0.4 is 0 Å². The lowest BCUT2D eigenvalue weighted by molar-refractivity contribution is -0.143. The van der Waals surface area contributed by atoms with Gasteiger partial charge in [0.15, 0.2) is 5.76 Å². The summed E-state index contributed by atoms with van der Waals surface area (Å²) in [5, 5.41) is 0. The van der Waals surface area contributed by atoms with Gasteiger partial charge in [0.2, 0.25) is 5.78 Å². The summed E-state index contributed by atoms with van der Waals surface area (Å²) in [7, 11) is 0. The van der Waals surface area contributed by atoms with Crippen molar-refractivity contribution in [1.82, 2.24) is 0 Å². The number of ether oxygens (including phenoxy) is 1. The third-order valence-corrected chi connectivity index (χ3v) is 3.16. The number of fused-ring (bicyclic) bond motifs is 1. The lowest BCUT2D eigenvalue weighted by Crippen LogP contribution is -2.24. The molecule has 1 aromatic heterocycles. The number of hydrogen-bond acceptors (Lipinski definition) is 4. The van der Waals surface area contributed by atoms with E-state index >= 15 is 0 Å². The van der Waals surface area contributed by atoms with E-state index in [1.807, 2.05) is 6.92 Å². The highest BCUT2D eigenvalue weighted by atomic mass is 16.5. The largest absolute Gasteiger partial charge is 0.466 e. The minimum Gasteiger partial charge on any atom is -0.466 e. The number of Topliss-reactive ketones (excluding diaryl/α,β-unsaturated/α-hetero) is 1. The van der Waals surface area contributed by atoms with Gasteiger partial charge in [-0.25, -0.2) is 0 Å². The van der Waals surface area contributed by atoms with Gasteiger partial charge in [0.1, 0.15) is 0 Å². The zero-order chi connectivity index (χ0) is 12.4. The molecule has 1 heterocycles. The average Bonchev–Trinajstić information content (AvgIpc) is 2.75. The molecule has 4 heteroatoms. The van der Waals surface area contributed by atoms with Crippen LogP contribution in [0.2, 0.25) is 0 Å². The number of hydrogen-bond donors (Lipinski definition) is 0. The van der Waals surface area contributed by atoms with E-state index in [2.05, 4.69) is 0 Å². The molecule has 0 bridgehead atoms. The van der Waals surface area contributed by atoms with Crippen LogP contribution in [0, 0.1) is 5.92 Å². The highest BCUT2D eigenvalue weighted by Gasteiger charge is 2.34. The molecule has 0 spiro atoms. The van der Waals surface area contributed by atoms with Gasteiger partial charge in [0, 0.05) is 11.5 Å². The fraction of sp³-hybridized carbons (Fsp3) is 0.538. The molecule has 0 saturated carbocycles. The van der Waals surface area contributed by atoms with E-state index in [4.69, 9.17) is 9.15 Å². The minimum atomic E-state index is -0.216. The van der Waals surface area contributed by atoms with Crippen LogP contribution in [-0.2, 0) is 9.53 Å². The normalized spacial score (nSPS) is 23.3. The Balaban J connectivity index is 2.18. The van der Waals surface area contributed by atoms with Crippen molar-refractivity contribution in [1.29, 1.82) is 0 Å². The maximum absolute atomic E-state index is 11.8. The quantitative estimate of drug-likeness (QED) is 0.757. The number of carbonyl (C=O) groups is 2. The Morgan fingerprint density at radius 3 is 3.06 bits per heavy atom. The summed E-state index contributed by atoms with van der Waals surface area (Å²) in [6.07, 6.45) is 2.51. The fourth-order valence-electron chi connectivity index (χ4n) is 2.34. The van der Waals surface area contributed by atoms with E-state index in [0.717, 1.165) is 5.56 Å². The van der Waals surface area contributed by atoms with E-state index < -0.39 is 0 Å². The van der Waals surface area contributed by atoms with Crippen LogP contribution in [0.4, 0.5) is 0 Å². The maximum Gasteiger partial charge on any atom is 0.306 e. The standard InChI is InChI=1S/C13H16O4/c1-3-16-11(14)7-9-6-8(2)12(15)13-10(9)4-5-17-13/h4-5,8-9H,3,6-7H2,1-2H3/t8-,9+/m0/s1. The molecule has 2 rings (SSSR count). The monoisotopic (exact) mass is 236 g/mol. The first-order chi connectivity index (χ1) is 8.13. The molecule has 0 saturated heterocycles. The van der Waals surface area contributed by atoms with Gasteiger partial charge in [-0.15, -0.1) is 0 Å². The minimum absolute atomic E-state index is 0.0325. The molecule has 1 aromatic rings. The van der Waals surface area contributed by atoms with Crippen LogP contribution in [-0.4, -0.2) is 18.4 Å². The molecular formula is C13H16O4. The lowest BCUT2D eigenvalue weighted by Gasteiger charge is -2.24.